The van der Waals surface area contributed by atoms with Crippen LogP contribution in [0.2, 0.25) is 0 Å². The number of rotatable bonds is 7. The van der Waals surface area contributed by atoms with Crippen LogP contribution in [0.5, 0.6) is 17.2 Å². The number of carbonyl (C=O) groups is 1. The second kappa shape index (κ2) is 9.50. The van der Waals surface area contributed by atoms with Crippen molar-refractivity contribution in [3.8, 4) is 17.2 Å². The summed E-state index contributed by atoms with van der Waals surface area (Å²) in [5, 5.41) is 0.866. The molecular formula is C21H24N2O4S. The molecule has 0 radical (unpaired) electrons. The SMILES string of the molecule is COc1ccc(N(CC(=O)c2ccc(OC)c(OC)c2)C2=NCCCS2)cc1. The maximum atomic E-state index is 13.0. The average Bonchev–Trinajstić information content (AvgIpc) is 2.77. The molecule has 28 heavy (non-hydrogen) atoms. The van der Waals surface area contributed by atoms with E-state index >= 15 is 0 Å². The zero-order valence-electron chi connectivity index (χ0n) is 16.3. The first kappa shape index (κ1) is 20.1. The molecule has 0 N–H and O–H groups in total. The topological polar surface area (TPSA) is 60.4 Å². The van der Waals surface area contributed by atoms with Crippen LogP contribution < -0.4 is 19.1 Å². The Hall–Kier alpha value is -2.67. The first-order chi connectivity index (χ1) is 13.7. The number of amidine groups is 1. The zero-order valence-corrected chi connectivity index (χ0v) is 17.1. The van der Waals surface area contributed by atoms with Crippen molar-refractivity contribution in [3.63, 3.8) is 0 Å². The minimum Gasteiger partial charge on any atom is -0.497 e. The van der Waals surface area contributed by atoms with Gasteiger partial charge in [0, 0.05) is 23.5 Å². The fraction of sp³-hybridized carbons (Fsp3) is 0.333. The summed E-state index contributed by atoms with van der Waals surface area (Å²) in [5.74, 6) is 2.88. The summed E-state index contributed by atoms with van der Waals surface area (Å²) >= 11 is 1.67. The quantitative estimate of drug-likeness (QED) is 0.657. The van der Waals surface area contributed by atoms with E-state index in [1.54, 1.807) is 51.3 Å². The molecule has 1 aliphatic rings. The number of nitrogens with zero attached hydrogens (tertiary/aromatic N) is 2. The van der Waals surface area contributed by atoms with E-state index in [1.807, 2.05) is 29.2 Å². The molecule has 0 fully saturated rings. The van der Waals surface area contributed by atoms with E-state index in [4.69, 9.17) is 14.2 Å². The molecule has 0 saturated heterocycles. The molecule has 0 aliphatic carbocycles. The lowest BCUT2D eigenvalue weighted by atomic mass is 10.1. The van der Waals surface area contributed by atoms with Gasteiger partial charge in [0.05, 0.1) is 27.9 Å². The molecule has 0 atom stereocenters. The summed E-state index contributed by atoms with van der Waals surface area (Å²) in [7, 11) is 4.76. The lowest BCUT2D eigenvalue weighted by molar-refractivity contribution is 0.100. The van der Waals surface area contributed by atoms with Gasteiger partial charge in [-0.25, -0.2) is 0 Å². The van der Waals surface area contributed by atoms with Gasteiger partial charge in [-0.05, 0) is 48.9 Å². The Bertz CT molecular complexity index is 852. The predicted octanol–water partition coefficient (Wildman–Crippen LogP) is 3.89. The van der Waals surface area contributed by atoms with E-state index in [-0.39, 0.29) is 12.3 Å². The molecule has 0 amide bonds. The third kappa shape index (κ3) is 4.59. The van der Waals surface area contributed by atoms with Gasteiger partial charge < -0.3 is 19.1 Å². The summed E-state index contributed by atoms with van der Waals surface area (Å²) in [4.78, 5) is 19.6. The normalized spacial score (nSPS) is 13.5. The molecule has 0 unspecified atom stereocenters. The highest BCUT2D eigenvalue weighted by molar-refractivity contribution is 8.14. The predicted molar refractivity (Wildman–Crippen MR) is 114 cm³/mol. The fourth-order valence-corrected chi connectivity index (χ4v) is 3.85. The zero-order chi connectivity index (χ0) is 19.9. The average molecular weight is 401 g/mol. The van der Waals surface area contributed by atoms with Crippen LogP contribution in [0, 0.1) is 0 Å². The van der Waals surface area contributed by atoms with Crippen LogP contribution in [-0.2, 0) is 0 Å². The maximum Gasteiger partial charge on any atom is 0.182 e. The van der Waals surface area contributed by atoms with Gasteiger partial charge in [-0.1, -0.05) is 11.8 Å². The first-order valence-corrected chi connectivity index (χ1v) is 9.99. The summed E-state index contributed by atoms with van der Waals surface area (Å²) in [5.41, 5.74) is 1.47. The van der Waals surface area contributed by atoms with Gasteiger partial charge in [0.2, 0.25) is 0 Å². The van der Waals surface area contributed by atoms with Crippen LogP contribution in [0.25, 0.3) is 0 Å². The van der Waals surface area contributed by atoms with Crippen LogP contribution in [0.3, 0.4) is 0 Å². The number of hydrogen-bond acceptors (Lipinski definition) is 7. The third-order valence-electron chi connectivity index (χ3n) is 4.40. The maximum absolute atomic E-state index is 13.0. The molecule has 0 spiro atoms. The Morgan fingerprint density at radius 1 is 1.04 bits per heavy atom. The van der Waals surface area contributed by atoms with Gasteiger partial charge in [-0.2, -0.15) is 0 Å². The number of methoxy groups -OCH3 is 3. The van der Waals surface area contributed by atoms with Crippen molar-refractivity contribution >= 4 is 28.4 Å². The highest BCUT2D eigenvalue weighted by Gasteiger charge is 2.21. The monoisotopic (exact) mass is 400 g/mol. The standard InChI is InChI=1S/C21H24N2O4S/c1-25-17-8-6-16(7-9-17)23(21-22-11-4-12-28-21)14-18(24)15-5-10-19(26-2)20(13-15)27-3/h5-10,13H,4,11-12,14H2,1-3H3. The van der Waals surface area contributed by atoms with Gasteiger partial charge in [-0.15, -0.1) is 0 Å². The molecule has 1 aliphatic heterocycles. The van der Waals surface area contributed by atoms with Gasteiger partial charge in [-0.3, -0.25) is 9.79 Å². The largest absolute Gasteiger partial charge is 0.497 e. The number of benzene rings is 2. The number of ether oxygens (including phenoxy) is 3. The molecule has 0 aromatic heterocycles. The number of anilines is 1. The summed E-state index contributed by atoms with van der Waals surface area (Å²) in [6.45, 7) is 0.965. The van der Waals surface area contributed by atoms with E-state index in [1.165, 1.54) is 0 Å². The van der Waals surface area contributed by atoms with Crippen molar-refractivity contribution in [1.82, 2.24) is 0 Å². The number of thioether (sulfide) groups is 1. The number of aliphatic imine (C=N–C) groups is 1. The first-order valence-electron chi connectivity index (χ1n) is 9.00. The molecular weight excluding hydrogens is 376 g/mol. The minimum atomic E-state index is -0.0226. The molecule has 6 nitrogen and oxygen atoms in total. The van der Waals surface area contributed by atoms with Gasteiger partial charge >= 0.3 is 0 Å². The van der Waals surface area contributed by atoms with Crippen molar-refractivity contribution < 1.29 is 19.0 Å². The molecule has 0 saturated carbocycles. The van der Waals surface area contributed by atoms with Crippen molar-refractivity contribution in [1.29, 1.82) is 0 Å². The second-order valence-corrected chi connectivity index (χ2v) is 7.21. The minimum absolute atomic E-state index is 0.0226. The van der Waals surface area contributed by atoms with Gasteiger partial charge in [0.15, 0.2) is 22.4 Å². The van der Waals surface area contributed by atoms with Crippen LogP contribution in [-0.4, -0.2) is 51.1 Å². The Kier molecular flexibility index (Phi) is 6.81. The Morgan fingerprint density at radius 3 is 2.39 bits per heavy atom. The molecule has 2 aromatic carbocycles. The Labute approximate surface area is 169 Å². The Balaban J connectivity index is 1.88. The van der Waals surface area contributed by atoms with E-state index < -0.39 is 0 Å². The molecule has 0 bridgehead atoms. The van der Waals surface area contributed by atoms with E-state index in [0.29, 0.717) is 17.1 Å². The molecule has 148 valence electrons. The molecule has 3 rings (SSSR count). The number of ketones is 1. The number of hydrogen-bond donors (Lipinski definition) is 0. The highest BCUT2D eigenvalue weighted by atomic mass is 32.2. The summed E-state index contributed by atoms with van der Waals surface area (Å²) in [6, 6.07) is 12.9. The van der Waals surface area contributed by atoms with Gasteiger partial charge in [0.25, 0.3) is 0 Å². The Morgan fingerprint density at radius 2 is 1.79 bits per heavy atom. The smallest absolute Gasteiger partial charge is 0.182 e. The van der Waals surface area contributed by atoms with Crippen molar-refractivity contribution in [2.24, 2.45) is 4.99 Å². The number of carbonyl (C=O) groups excluding carboxylic acids is 1. The number of Topliss-reactive ketones (excluding diaryl/α,β-unsaturated/α-hetero) is 1. The summed E-state index contributed by atoms with van der Waals surface area (Å²) in [6.07, 6.45) is 1.05. The van der Waals surface area contributed by atoms with Crippen LogP contribution in [0.15, 0.2) is 47.5 Å². The van der Waals surface area contributed by atoms with E-state index in [9.17, 15) is 4.79 Å². The summed E-state index contributed by atoms with van der Waals surface area (Å²) < 4.78 is 15.8. The molecule has 7 heteroatoms. The fourth-order valence-electron chi connectivity index (χ4n) is 2.89. The van der Waals surface area contributed by atoms with Crippen molar-refractivity contribution in [2.45, 2.75) is 6.42 Å². The third-order valence-corrected chi connectivity index (χ3v) is 5.50. The van der Waals surface area contributed by atoms with Crippen LogP contribution in [0.4, 0.5) is 5.69 Å². The van der Waals surface area contributed by atoms with Gasteiger partial charge in [0.1, 0.15) is 5.75 Å². The van der Waals surface area contributed by atoms with E-state index in [0.717, 1.165) is 35.3 Å². The van der Waals surface area contributed by atoms with Crippen molar-refractivity contribution in [3.05, 3.63) is 48.0 Å². The van der Waals surface area contributed by atoms with Crippen LogP contribution in [0.1, 0.15) is 16.8 Å². The second-order valence-electron chi connectivity index (χ2n) is 6.14. The van der Waals surface area contributed by atoms with Crippen molar-refractivity contribution in [2.75, 3.05) is 45.1 Å². The molecule has 1 heterocycles. The highest BCUT2D eigenvalue weighted by Crippen LogP contribution is 2.29. The lowest BCUT2D eigenvalue weighted by Gasteiger charge is -2.27. The molecule has 2 aromatic rings. The van der Waals surface area contributed by atoms with Crippen LogP contribution >= 0.6 is 11.8 Å². The van der Waals surface area contributed by atoms with E-state index in [2.05, 4.69) is 4.99 Å². The lowest BCUT2D eigenvalue weighted by Crippen LogP contribution is -2.35.